The van der Waals surface area contributed by atoms with Crippen LogP contribution in [0.2, 0.25) is 0 Å². The zero-order chi connectivity index (χ0) is 36.1. The Kier molecular flexibility index (Phi) is 8.99. The van der Waals surface area contributed by atoms with Crippen LogP contribution in [-0.2, 0) is 0 Å². The quantitative estimate of drug-likeness (QED) is 0.140. The molecule has 9 aromatic rings. The van der Waals surface area contributed by atoms with Gasteiger partial charge in [-0.15, -0.1) is 0 Å². The van der Waals surface area contributed by atoms with E-state index in [1.165, 1.54) is 0 Å². The molecule has 0 aliphatic rings. The number of aromatic nitrogens is 2. The van der Waals surface area contributed by atoms with Gasteiger partial charge in [-0.1, -0.05) is 133 Å². The molecule has 0 aliphatic heterocycles. The van der Waals surface area contributed by atoms with Crippen LogP contribution in [0.4, 0.5) is 0 Å². The molecule has 0 saturated carbocycles. The fourth-order valence-electron chi connectivity index (χ4n) is 7.37. The second-order valence-electron chi connectivity index (χ2n) is 13.4. The summed E-state index contributed by atoms with van der Waals surface area (Å²) in [7, 11) is 0. The van der Waals surface area contributed by atoms with E-state index in [2.05, 4.69) is 240 Å². The molecule has 0 bridgehead atoms. The lowest BCUT2D eigenvalue weighted by molar-refractivity contribution is -0.572. The minimum atomic E-state index is 1.12. The summed E-state index contributed by atoms with van der Waals surface area (Å²) in [4.78, 5) is 0. The Labute approximate surface area is 317 Å². The van der Waals surface area contributed by atoms with Crippen LogP contribution in [0.15, 0.2) is 231 Å². The van der Waals surface area contributed by atoms with Gasteiger partial charge in [-0.25, -0.2) is 0 Å². The molecule has 9 rings (SSSR count). The molecule has 254 valence electrons. The van der Waals surface area contributed by atoms with Crippen LogP contribution in [0.25, 0.3) is 78.7 Å². The Balaban J connectivity index is 1.22. The molecule has 0 fully saturated rings. The van der Waals surface area contributed by atoms with Crippen molar-refractivity contribution in [2.75, 3.05) is 0 Å². The van der Waals surface area contributed by atoms with Crippen LogP contribution in [0, 0.1) is 0 Å². The zero-order valence-corrected chi connectivity index (χ0v) is 29.8. The summed E-state index contributed by atoms with van der Waals surface area (Å²) in [5, 5.41) is 0. The van der Waals surface area contributed by atoms with Crippen LogP contribution >= 0.6 is 0 Å². The smallest absolute Gasteiger partial charge is 0.153 e. The summed E-state index contributed by atoms with van der Waals surface area (Å²) in [6, 6.07) is 82.5. The Hall–Kier alpha value is -7.16. The number of hydrogen-bond acceptors (Lipinski definition) is 0. The van der Waals surface area contributed by atoms with Crippen molar-refractivity contribution < 1.29 is 9.13 Å². The van der Waals surface area contributed by atoms with Crippen LogP contribution < -0.4 is 9.13 Å². The lowest BCUT2D eigenvalue weighted by Gasteiger charge is -2.14. The van der Waals surface area contributed by atoms with E-state index in [-0.39, 0.29) is 0 Å². The lowest BCUT2D eigenvalue weighted by atomic mass is 9.95. The molecule has 0 aliphatic carbocycles. The fraction of sp³-hybridized carbons (Fsp3) is 0. The zero-order valence-electron chi connectivity index (χ0n) is 29.8. The normalized spacial score (nSPS) is 11.0. The summed E-state index contributed by atoms with van der Waals surface area (Å²) >= 11 is 0. The van der Waals surface area contributed by atoms with Gasteiger partial charge in [-0.05, 0) is 70.8 Å². The average Bonchev–Trinajstić information content (AvgIpc) is 3.27. The van der Waals surface area contributed by atoms with Crippen LogP contribution in [0.3, 0.4) is 0 Å². The predicted molar refractivity (Wildman–Crippen MR) is 222 cm³/mol. The summed E-state index contributed by atoms with van der Waals surface area (Å²) in [5.41, 5.74) is 16.1. The standard InChI is InChI=1S/C52H38N2/c1-7-19-41(20-8-1)49-35-45(36-50(42-21-9-2-10-22-42)53(49)47-27-15-5-16-28-47)39-31-33-40(34-32-39)46-37-51(43-23-11-3-12-24-43)54(48-29-17-6-18-30-48)52(38-46)44-25-13-4-14-26-44/h1-38H/q+2. The van der Waals surface area contributed by atoms with Crippen molar-refractivity contribution in [2.45, 2.75) is 0 Å². The molecule has 0 saturated heterocycles. The highest BCUT2D eigenvalue weighted by molar-refractivity contribution is 5.79. The fourth-order valence-corrected chi connectivity index (χ4v) is 7.37. The molecule has 2 heteroatoms. The average molecular weight is 691 g/mol. The Morgan fingerprint density at radius 3 is 0.648 bits per heavy atom. The molecule has 2 aromatic heterocycles. The summed E-state index contributed by atoms with van der Waals surface area (Å²) in [6.45, 7) is 0. The molecule has 54 heavy (non-hydrogen) atoms. The van der Waals surface area contributed by atoms with E-state index in [1.807, 2.05) is 0 Å². The van der Waals surface area contributed by atoms with Gasteiger partial charge in [0.15, 0.2) is 0 Å². The van der Waals surface area contributed by atoms with E-state index >= 15 is 0 Å². The summed E-state index contributed by atoms with van der Waals surface area (Å²) in [5.74, 6) is 0. The first kappa shape index (κ1) is 32.7. The molecule has 7 aromatic carbocycles. The highest BCUT2D eigenvalue weighted by Gasteiger charge is 2.26. The minimum absolute atomic E-state index is 1.12. The van der Waals surface area contributed by atoms with Gasteiger partial charge in [-0.2, -0.15) is 9.13 Å². The van der Waals surface area contributed by atoms with Crippen molar-refractivity contribution in [3.63, 3.8) is 0 Å². The number of hydrogen-bond donors (Lipinski definition) is 0. The SMILES string of the molecule is c1ccc(-c2cc(-c3ccc(-c4cc(-c5ccccc5)[n+](-c5ccccc5)c(-c5ccccc5)c4)cc3)cc(-c3ccccc3)[n+]2-c2ccccc2)cc1. The summed E-state index contributed by atoms with van der Waals surface area (Å²) in [6.07, 6.45) is 0. The van der Waals surface area contributed by atoms with E-state index in [0.29, 0.717) is 0 Å². The minimum Gasteiger partial charge on any atom is -0.153 e. The third-order valence-corrected chi connectivity index (χ3v) is 9.99. The third kappa shape index (κ3) is 6.53. The first-order valence-corrected chi connectivity index (χ1v) is 18.4. The van der Waals surface area contributed by atoms with Crippen molar-refractivity contribution in [1.82, 2.24) is 0 Å². The van der Waals surface area contributed by atoms with Crippen molar-refractivity contribution in [1.29, 1.82) is 0 Å². The van der Waals surface area contributed by atoms with Gasteiger partial charge in [0.25, 0.3) is 0 Å². The first-order chi connectivity index (χ1) is 26.8. The third-order valence-electron chi connectivity index (χ3n) is 9.99. The van der Waals surface area contributed by atoms with Gasteiger partial charge < -0.3 is 0 Å². The van der Waals surface area contributed by atoms with Gasteiger partial charge in [0.1, 0.15) is 0 Å². The second kappa shape index (κ2) is 14.8. The Morgan fingerprint density at radius 1 is 0.185 bits per heavy atom. The molecule has 2 heterocycles. The molecular formula is C52H38N2+2. The molecule has 0 atom stereocenters. The van der Waals surface area contributed by atoms with Crippen molar-refractivity contribution in [3.05, 3.63) is 231 Å². The van der Waals surface area contributed by atoms with Crippen LogP contribution in [-0.4, -0.2) is 0 Å². The number of para-hydroxylation sites is 2. The van der Waals surface area contributed by atoms with Crippen molar-refractivity contribution in [2.24, 2.45) is 0 Å². The maximum atomic E-state index is 2.38. The van der Waals surface area contributed by atoms with Gasteiger partial charge in [-0.3, -0.25) is 0 Å². The topological polar surface area (TPSA) is 7.76 Å². The highest BCUT2D eigenvalue weighted by Crippen LogP contribution is 2.34. The summed E-state index contributed by atoms with van der Waals surface area (Å²) < 4.78 is 4.76. The molecule has 0 N–H and O–H groups in total. The Bertz CT molecular complexity index is 2330. The second-order valence-corrected chi connectivity index (χ2v) is 13.4. The highest BCUT2D eigenvalue weighted by atomic mass is 15.0. The lowest BCUT2D eigenvalue weighted by Crippen LogP contribution is -2.36. The van der Waals surface area contributed by atoms with E-state index in [9.17, 15) is 0 Å². The molecule has 0 radical (unpaired) electrons. The molecule has 2 nitrogen and oxygen atoms in total. The maximum absolute atomic E-state index is 2.38. The van der Waals surface area contributed by atoms with Gasteiger partial charge in [0, 0.05) is 70.8 Å². The predicted octanol–water partition coefficient (Wildman–Crippen LogP) is 12.2. The first-order valence-electron chi connectivity index (χ1n) is 18.4. The van der Waals surface area contributed by atoms with E-state index in [1.54, 1.807) is 0 Å². The van der Waals surface area contributed by atoms with E-state index < -0.39 is 0 Å². The van der Waals surface area contributed by atoms with Crippen molar-refractivity contribution in [3.8, 4) is 78.7 Å². The van der Waals surface area contributed by atoms with Crippen LogP contribution in [0.1, 0.15) is 0 Å². The molecule has 0 amide bonds. The van der Waals surface area contributed by atoms with Gasteiger partial charge in [0.05, 0.1) is 0 Å². The molecule has 0 spiro atoms. The number of benzene rings is 7. The molecular weight excluding hydrogens is 653 g/mol. The largest absolute Gasteiger partial charge is 0.219 e. The van der Waals surface area contributed by atoms with E-state index in [0.717, 1.165) is 78.7 Å². The maximum Gasteiger partial charge on any atom is 0.219 e. The van der Waals surface area contributed by atoms with Gasteiger partial charge >= 0.3 is 0 Å². The van der Waals surface area contributed by atoms with Crippen molar-refractivity contribution >= 4 is 0 Å². The number of nitrogens with zero attached hydrogens (tertiary/aromatic N) is 2. The van der Waals surface area contributed by atoms with Crippen LogP contribution in [0.5, 0.6) is 0 Å². The number of rotatable bonds is 8. The van der Waals surface area contributed by atoms with Gasteiger partial charge in [0.2, 0.25) is 34.2 Å². The van der Waals surface area contributed by atoms with E-state index in [4.69, 9.17) is 0 Å². The monoisotopic (exact) mass is 690 g/mol. The Morgan fingerprint density at radius 2 is 0.407 bits per heavy atom. The molecule has 0 unspecified atom stereocenters. The number of pyridine rings is 2.